The van der Waals surface area contributed by atoms with Gasteiger partial charge in [0, 0.05) is 45.3 Å². The smallest absolute Gasteiger partial charge is 0.194 e. The largest absolute Gasteiger partial charge is 0.359 e. The van der Waals surface area contributed by atoms with E-state index in [2.05, 4.69) is 65.3 Å². The van der Waals surface area contributed by atoms with E-state index in [1.54, 1.807) is 0 Å². The molecule has 0 bridgehead atoms. The summed E-state index contributed by atoms with van der Waals surface area (Å²) in [4.78, 5) is 9.61. The minimum atomic E-state index is 0.527. The van der Waals surface area contributed by atoms with Crippen LogP contribution in [0.1, 0.15) is 36.4 Å². The van der Waals surface area contributed by atoms with Crippen LogP contribution in [0.3, 0.4) is 0 Å². The van der Waals surface area contributed by atoms with Crippen molar-refractivity contribution in [2.75, 3.05) is 32.7 Å². The van der Waals surface area contributed by atoms with E-state index >= 15 is 0 Å². The second kappa shape index (κ2) is 9.55. The first-order chi connectivity index (χ1) is 13.2. The minimum absolute atomic E-state index is 0.527. The Labute approximate surface area is 162 Å². The zero-order valence-corrected chi connectivity index (χ0v) is 16.7. The van der Waals surface area contributed by atoms with Crippen LogP contribution < -0.4 is 5.32 Å². The van der Waals surface area contributed by atoms with E-state index in [9.17, 15) is 0 Å². The third-order valence-electron chi connectivity index (χ3n) is 4.85. The summed E-state index contributed by atoms with van der Waals surface area (Å²) in [6.07, 6.45) is 0.885. The second-order valence-electron chi connectivity index (χ2n) is 7.06. The molecule has 1 aromatic carbocycles. The molecule has 1 aliphatic heterocycles. The van der Waals surface area contributed by atoms with Crippen molar-refractivity contribution in [3.8, 4) is 0 Å². The molecular formula is C21H31N5O. The molecule has 1 saturated heterocycles. The van der Waals surface area contributed by atoms with E-state index in [1.807, 2.05) is 6.07 Å². The number of rotatable bonds is 6. The molecule has 1 N–H and O–H groups in total. The Balaban J connectivity index is 1.55. The molecule has 0 unspecified atom stereocenters. The van der Waals surface area contributed by atoms with E-state index < -0.39 is 0 Å². The molecule has 0 spiro atoms. The van der Waals surface area contributed by atoms with Gasteiger partial charge in [-0.15, -0.1) is 0 Å². The zero-order valence-electron chi connectivity index (χ0n) is 16.7. The van der Waals surface area contributed by atoms with Gasteiger partial charge in [-0.3, -0.25) is 4.90 Å². The van der Waals surface area contributed by atoms with Gasteiger partial charge in [0.05, 0.1) is 5.69 Å². The standard InChI is InChI=1S/C21H31N5O/c1-4-19-14-20(27-24-19)15-23-21(22-5-2)26-11-9-25(10-12-26)16-18-8-6-7-17(3)13-18/h6-8,13-14H,4-5,9-12,15-16H2,1-3H3,(H,22,23). The molecule has 27 heavy (non-hydrogen) atoms. The molecule has 0 atom stereocenters. The highest BCUT2D eigenvalue weighted by Gasteiger charge is 2.19. The van der Waals surface area contributed by atoms with Crippen molar-refractivity contribution < 1.29 is 4.52 Å². The van der Waals surface area contributed by atoms with Crippen LogP contribution in [0.15, 0.2) is 39.8 Å². The predicted molar refractivity (Wildman–Crippen MR) is 109 cm³/mol. The molecular weight excluding hydrogens is 338 g/mol. The number of aryl methyl sites for hydroxylation is 2. The van der Waals surface area contributed by atoms with Gasteiger partial charge in [0.1, 0.15) is 6.54 Å². The molecule has 6 nitrogen and oxygen atoms in total. The molecule has 0 amide bonds. The highest BCUT2D eigenvalue weighted by Crippen LogP contribution is 2.11. The van der Waals surface area contributed by atoms with Gasteiger partial charge in [0.25, 0.3) is 0 Å². The third kappa shape index (κ3) is 5.57. The fraction of sp³-hybridized carbons (Fsp3) is 0.524. The normalized spacial score (nSPS) is 16.0. The highest BCUT2D eigenvalue weighted by molar-refractivity contribution is 5.80. The van der Waals surface area contributed by atoms with Crippen LogP contribution in [0.4, 0.5) is 0 Å². The number of guanidine groups is 1. The molecule has 2 heterocycles. The van der Waals surface area contributed by atoms with Crippen molar-refractivity contribution in [2.45, 2.75) is 40.3 Å². The zero-order chi connectivity index (χ0) is 19.1. The highest BCUT2D eigenvalue weighted by atomic mass is 16.5. The summed E-state index contributed by atoms with van der Waals surface area (Å²) in [5, 5.41) is 7.45. The van der Waals surface area contributed by atoms with Crippen molar-refractivity contribution in [3.63, 3.8) is 0 Å². The summed E-state index contributed by atoms with van der Waals surface area (Å²) in [5.41, 5.74) is 3.70. The first-order valence-electron chi connectivity index (χ1n) is 9.93. The summed E-state index contributed by atoms with van der Waals surface area (Å²) in [6.45, 7) is 12.8. The molecule has 0 radical (unpaired) electrons. The van der Waals surface area contributed by atoms with E-state index in [1.165, 1.54) is 11.1 Å². The molecule has 1 aromatic heterocycles. The first kappa shape index (κ1) is 19.4. The van der Waals surface area contributed by atoms with Crippen molar-refractivity contribution >= 4 is 5.96 Å². The molecule has 146 valence electrons. The van der Waals surface area contributed by atoms with E-state index in [4.69, 9.17) is 9.52 Å². The Morgan fingerprint density at radius 3 is 2.67 bits per heavy atom. The van der Waals surface area contributed by atoms with Gasteiger partial charge >= 0.3 is 0 Å². The fourth-order valence-corrected chi connectivity index (χ4v) is 3.36. The fourth-order valence-electron chi connectivity index (χ4n) is 3.36. The van der Waals surface area contributed by atoms with Gasteiger partial charge in [0.2, 0.25) is 0 Å². The van der Waals surface area contributed by atoms with Crippen LogP contribution in [-0.2, 0) is 19.5 Å². The lowest BCUT2D eigenvalue weighted by molar-refractivity contribution is 0.172. The van der Waals surface area contributed by atoms with Gasteiger partial charge in [-0.1, -0.05) is 41.9 Å². The Morgan fingerprint density at radius 1 is 1.19 bits per heavy atom. The molecule has 2 aromatic rings. The van der Waals surface area contributed by atoms with Crippen LogP contribution in [-0.4, -0.2) is 53.6 Å². The van der Waals surface area contributed by atoms with Crippen LogP contribution >= 0.6 is 0 Å². The van der Waals surface area contributed by atoms with Crippen molar-refractivity contribution in [3.05, 3.63) is 52.9 Å². The lowest BCUT2D eigenvalue weighted by atomic mass is 10.1. The predicted octanol–water partition coefficient (Wildman–Crippen LogP) is 2.83. The Hall–Kier alpha value is -2.34. The van der Waals surface area contributed by atoms with Crippen molar-refractivity contribution in [2.24, 2.45) is 4.99 Å². The number of piperazine rings is 1. The average Bonchev–Trinajstić information content (AvgIpc) is 3.14. The summed E-state index contributed by atoms with van der Waals surface area (Å²) < 4.78 is 5.35. The third-order valence-corrected chi connectivity index (χ3v) is 4.85. The number of aliphatic imine (C=N–C) groups is 1. The van der Waals surface area contributed by atoms with E-state index in [-0.39, 0.29) is 0 Å². The molecule has 3 rings (SSSR count). The minimum Gasteiger partial charge on any atom is -0.359 e. The second-order valence-corrected chi connectivity index (χ2v) is 7.06. The number of nitrogens with zero attached hydrogens (tertiary/aromatic N) is 4. The molecule has 0 aliphatic carbocycles. The Morgan fingerprint density at radius 2 is 2.00 bits per heavy atom. The van der Waals surface area contributed by atoms with Crippen LogP contribution in [0.2, 0.25) is 0 Å². The van der Waals surface area contributed by atoms with Crippen LogP contribution in [0.25, 0.3) is 0 Å². The van der Waals surface area contributed by atoms with Crippen LogP contribution in [0, 0.1) is 6.92 Å². The first-order valence-corrected chi connectivity index (χ1v) is 9.93. The average molecular weight is 370 g/mol. The van der Waals surface area contributed by atoms with Gasteiger partial charge in [-0.05, 0) is 25.8 Å². The quantitative estimate of drug-likeness (QED) is 0.627. The number of aromatic nitrogens is 1. The monoisotopic (exact) mass is 369 g/mol. The number of nitrogens with one attached hydrogen (secondary N) is 1. The van der Waals surface area contributed by atoms with Crippen molar-refractivity contribution in [1.82, 2.24) is 20.3 Å². The summed E-state index contributed by atoms with van der Waals surface area (Å²) in [7, 11) is 0. The lowest BCUT2D eigenvalue weighted by Gasteiger charge is -2.36. The molecule has 6 heteroatoms. The SMILES string of the molecule is CCNC(=NCc1cc(CC)no1)N1CCN(Cc2cccc(C)c2)CC1. The van der Waals surface area contributed by atoms with Crippen molar-refractivity contribution in [1.29, 1.82) is 0 Å². The van der Waals surface area contributed by atoms with Crippen LogP contribution in [0.5, 0.6) is 0 Å². The van der Waals surface area contributed by atoms with Gasteiger partial charge in [0.15, 0.2) is 11.7 Å². The lowest BCUT2D eigenvalue weighted by Crippen LogP contribution is -2.52. The topological polar surface area (TPSA) is 56.9 Å². The summed E-state index contributed by atoms with van der Waals surface area (Å²) >= 11 is 0. The Kier molecular flexibility index (Phi) is 6.87. The maximum Gasteiger partial charge on any atom is 0.194 e. The summed E-state index contributed by atoms with van der Waals surface area (Å²) in [5.74, 6) is 1.78. The summed E-state index contributed by atoms with van der Waals surface area (Å²) in [6, 6.07) is 10.8. The van der Waals surface area contributed by atoms with Gasteiger partial charge in [-0.2, -0.15) is 0 Å². The maximum absolute atomic E-state index is 5.35. The van der Waals surface area contributed by atoms with Gasteiger partial charge in [-0.25, -0.2) is 4.99 Å². The Bertz CT molecular complexity index is 747. The molecule has 0 saturated carbocycles. The van der Waals surface area contributed by atoms with E-state index in [0.29, 0.717) is 6.54 Å². The number of hydrogen-bond donors (Lipinski definition) is 1. The van der Waals surface area contributed by atoms with Gasteiger partial charge < -0.3 is 14.7 Å². The molecule has 1 aliphatic rings. The number of benzene rings is 1. The number of hydrogen-bond acceptors (Lipinski definition) is 4. The maximum atomic E-state index is 5.35. The molecule has 1 fully saturated rings. The van der Waals surface area contributed by atoms with E-state index in [0.717, 1.165) is 63.1 Å².